The molecule has 0 saturated carbocycles. The van der Waals surface area contributed by atoms with Crippen molar-refractivity contribution >= 4 is 34.6 Å². The lowest BCUT2D eigenvalue weighted by atomic mass is 9.87. The van der Waals surface area contributed by atoms with Gasteiger partial charge in [-0.2, -0.15) is 0 Å². The number of rotatable bonds is 8. The molecular weight excluding hydrogens is 484 g/mol. The van der Waals surface area contributed by atoms with Crippen molar-refractivity contribution in [2.75, 3.05) is 38.6 Å². The SMILES string of the molecule is CCN(CC)C(=O)c1ccc(C(=C2CCN(Cc3cscn3)CC2)c2ccccc2NC(=O)OC)cc1. The van der Waals surface area contributed by atoms with Gasteiger partial charge in [0.25, 0.3) is 5.91 Å². The third kappa shape index (κ3) is 6.45. The number of nitrogens with one attached hydrogen (secondary N) is 1. The van der Waals surface area contributed by atoms with Crippen LogP contribution in [0.4, 0.5) is 10.5 Å². The van der Waals surface area contributed by atoms with Crippen LogP contribution in [0.5, 0.6) is 0 Å². The van der Waals surface area contributed by atoms with Gasteiger partial charge in [0.05, 0.1) is 24.0 Å². The van der Waals surface area contributed by atoms with Crippen LogP contribution in [-0.4, -0.2) is 60.1 Å². The van der Waals surface area contributed by atoms with E-state index in [2.05, 4.69) is 20.6 Å². The Balaban J connectivity index is 1.69. The van der Waals surface area contributed by atoms with E-state index in [0.29, 0.717) is 24.3 Å². The molecular formula is C29H34N4O3S. The fraction of sp³-hybridized carbons (Fsp3) is 0.345. The van der Waals surface area contributed by atoms with Crippen molar-refractivity contribution < 1.29 is 14.3 Å². The maximum Gasteiger partial charge on any atom is 0.411 e. The molecule has 0 bridgehead atoms. The van der Waals surface area contributed by atoms with E-state index in [-0.39, 0.29) is 5.91 Å². The standard InChI is InChI=1S/C29H34N4O3S/c1-4-33(5-2)28(34)23-12-10-21(11-13-23)27(25-8-6-7-9-26(25)31-29(35)36-3)22-14-16-32(17-15-22)18-24-19-37-20-30-24/h6-13,19-20H,4-5,14-18H2,1-3H3,(H,31,35). The van der Waals surface area contributed by atoms with E-state index in [1.54, 1.807) is 11.3 Å². The molecule has 3 aromatic rings. The molecule has 1 fully saturated rings. The highest BCUT2D eigenvalue weighted by Crippen LogP contribution is 2.36. The van der Waals surface area contributed by atoms with Crippen LogP contribution in [0, 0.1) is 0 Å². The van der Waals surface area contributed by atoms with Gasteiger partial charge in [-0.05, 0) is 56.0 Å². The van der Waals surface area contributed by atoms with E-state index in [4.69, 9.17) is 4.74 Å². The summed E-state index contributed by atoms with van der Waals surface area (Å²) >= 11 is 1.63. The molecule has 8 heteroatoms. The molecule has 194 valence electrons. The summed E-state index contributed by atoms with van der Waals surface area (Å²) in [6, 6.07) is 15.7. The number of benzene rings is 2. The largest absolute Gasteiger partial charge is 0.453 e. The van der Waals surface area contributed by atoms with Crippen LogP contribution >= 0.6 is 11.3 Å². The van der Waals surface area contributed by atoms with Gasteiger partial charge in [0.2, 0.25) is 0 Å². The zero-order valence-electron chi connectivity index (χ0n) is 21.7. The Bertz CT molecular complexity index is 1220. The van der Waals surface area contributed by atoms with Crippen LogP contribution in [0.25, 0.3) is 5.57 Å². The van der Waals surface area contributed by atoms with Crippen LogP contribution in [0.2, 0.25) is 0 Å². The first-order valence-corrected chi connectivity index (χ1v) is 13.6. The lowest BCUT2D eigenvalue weighted by Crippen LogP contribution is -2.31. The van der Waals surface area contributed by atoms with Gasteiger partial charge in [-0.15, -0.1) is 11.3 Å². The number of carbonyl (C=O) groups is 2. The number of para-hydroxylation sites is 1. The van der Waals surface area contributed by atoms with E-state index in [9.17, 15) is 9.59 Å². The van der Waals surface area contributed by atoms with Crippen LogP contribution in [0.1, 0.15) is 53.9 Å². The number of aromatic nitrogens is 1. The summed E-state index contributed by atoms with van der Waals surface area (Å²) in [7, 11) is 1.36. The van der Waals surface area contributed by atoms with Gasteiger partial charge in [0, 0.05) is 49.2 Å². The van der Waals surface area contributed by atoms with Gasteiger partial charge < -0.3 is 9.64 Å². The second-order valence-corrected chi connectivity index (χ2v) is 9.67. The van der Waals surface area contributed by atoms with Crippen molar-refractivity contribution in [1.29, 1.82) is 0 Å². The van der Waals surface area contributed by atoms with Gasteiger partial charge in [-0.3, -0.25) is 15.0 Å². The molecule has 0 atom stereocenters. The van der Waals surface area contributed by atoms with Crippen LogP contribution < -0.4 is 5.32 Å². The van der Waals surface area contributed by atoms with Crippen molar-refractivity contribution in [2.24, 2.45) is 0 Å². The summed E-state index contributed by atoms with van der Waals surface area (Å²) in [5, 5.41) is 4.98. The van der Waals surface area contributed by atoms with Crippen molar-refractivity contribution in [1.82, 2.24) is 14.8 Å². The first kappa shape index (κ1) is 26.6. The first-order chi connectivity index (χ1) is 18.0. The normalized spacial score (nSPS) is 13.8. The molecule has 1 aromatic heterocycles. The number of amides is 2. The number of hydrogen-bond acceptors (Lipinski definition) is 6. The third-order valence-electron chi connectivity index (χ3n) is 6.77. The molecule has 2 aromatic carbocycles. The van der Waals surface area contributed by atoms with Gasteiger partial charge in [-0.25, -0.2) is 9.78 Å². The van der Waals surface area contributed by atoms with Gasteiger partial charge in [-0.1, -0.05) is 35.9 Å². The molecule has 0 aliphatic carbocycles. The molecule has 7 nitrogen and oxygen atoms in total. The minimum absolute atomic E-state index is 0.0360. The molecule has 2 amide bonds. The number of carbonyl (C=O) groups excluding carboxylic acids is 2. The number of ether oxygens (including phenoxy) is 1. The van der Waals surface area contributed by atoms with Gasteiger partial charge in [0.1, 0.15) is 0 Å². The van der Waals surface area contributed by atoms with Crippen molar-refractivity contribution in [3.05, 3.63) is 87.4 Å². The zero-order chi connectivity index (χ0) is 26.2. The Labute approximate surface area is 222 Å². The molecule has 1 N–H and O–H groups in total. The van der Waals surface area contributed by atoms with Gasteiger partial charge in [0.15, 0.2) is 0 Å². The smallest absolute Gasteiger partial charge is 0.411 e. The van der Waals surface area contributed by atoms with E-state index < -0.39 is 6.09 Å². The number of thiazole rings is 1. The molecule has 0 spiro atoms. The summed E-state index contributed by atoms with van der Waals surface area (Å²) in [6.07, 6.45) is 1.31. The van der Waals surface area contributed by atoms with Crippen LogP contribution in [0.3, 0.4) is 0 Å². The first-order valence-electron chi connectivity index (χ1n) is 12.7. The fourth-order valence-corrected chi connectivity index (χ4v) is 5.32. The van der Waals surface area contributed by atoms with Crippen LogP contribution in [-0.2, 0) is 11.3 Å². The Morgan fingerprint density at radius 1 is 1.03 bits per heavy atom. The lowest BCUT2D eigenvalue weighted by molar-refractivity contribution is 0.0773. The molecule has 37 heavy (non-hydrogen) atoms. The minimum atomic E-state index is -0.505. The van der Waals surface area contributed by atoms with Crippen molar-refractivity contribution in [3.63, 3.8) is 0 Å². The molecule has 1 saturated heterocycles. The zero-order valence-corrected chi connectivity index (χ0v) is 22.5. The minimum Gasteiger partial charge on any atom is -0.453 e. The van der Waals surface area contributed by atoms with Gasteiger partial charge >= 0.3 is 6.09 Å². The molecule has 1 aliphatic heterocycles. The summed E-state index contributed by atoms with van der Waals surface area (Å²) in [4.78, 5) is 33.7. The average molecular weight is 519 g/mol. The predicted molar refractivity (Wildman–Crippen MR) is 149 cm³/mol. The molecule has 1 aliphatic rings. The Morgan fingerprint density at radius 3 is 2.32 bits per heavy atom. The summed E-state index contributed by atoms with van der Waals surface area (Å²) < 4.78 is 4.87. The number of anilines is 1. The monoisotopic (exact) mass is 518 g/mol. The Morgan fingerprint density at radius 2 is 1.70 bits per heavy atom. The van der Waals surface area contributed by atoms with E-state index in [1.807, 2.05) is 72.8 Å². The Kier molecular flexibility index (Phi) is 9.09. The number of nitrogens with zero attached hydrogens (tertiary/aromatic N) is 3. The van der Waals surface area contributed by atoms with Crippen LogP contribution in [0.15, 0.2) is 65.0 Å². The third-order valence-corrected chi connectivity index (χ3v) is 7.41. The maximum atomic E-state index is 12.9. The summed E-state index contributed by atoms with van der Waals surface area (Å²) in [6.45, 7) is 8.05. The molecule has 0 radical (unpaired) electrons. The van der Waals surface area contributed by atoms with Crippen molar-refractivity contribution in [3.8, 4) is 0 Å². The van der Waals surface area contributed by atoms with E-state index in [0.717, 1.165) is 54.9 Å². The topological polar surface area (TPSA) is 74.8 Å². The number of methoxy groups -OCH3 is 1. The highest BCUT2D eigenvalue weighted by atomic mass is 32.1. The quantitative estimate of drug-likeness (QED) is 0.402. The number of piperidine rings is 1. The number of likely N-dealkylation sites (tertiary alicyclic amines) is 1. The molecule has 0 unspecified atom stereocenters. The van der Waals surface area contributed by atoms with E-state index >= 15 is 0 Å². The summed E-state index contributed by atoms with van der Waals surface area (Å²) in [5.74, 6) is 0.0360. The average Bonchev–Trinajstić information content (AvgIpc) is 3.45. The number of hydrogen-bond donors (Lipinski definition) is 1. The second-order valence-electron chi connectivity index (χ2n) is 8.95. The highest BCUT2D eigenvalue weighted by molar-refractivity contribution is 7.07. The van der Waals surface area contributed by atoms with Crippen molar-refractivity contribution in [2.45, 2.75) is 33.2 Å². The predicted octanol–water partition coefficient (Wildman–Crippen LogP) is 5.90. The second kappa shape index (κ2) is 12.7. The highest BCUT2D eigenvalue weighted by Gasteiger charge is 2.22. The fourth-order valence-electron chi connectivity index (χ4n) is 4.77. The summed E-state index contributed by atoms with van der Waals surface area (Å²) in [5.41, 5.74) is 8.76. The van der Waals surface area contributed by atoms with E-state index in [1.165, 1.54) is 12.7 Å². The lowest BCUT2D eigenvalue weighted by Gasteiger charge is -2.30. The molecule has 2 heterocycles. The maximum absolute atomic E-state index is 12.9. The Hall–Kier alpha value is -3.49. The molecule has 4 rings (SSSR count).